The third kappa shape index (κ3) is 1.99. The van der Waals surface area contributed by atoms with Crippen LogP contribution in [0.15, 0.2) is 24.4 Å². The van der Waals surface area contributed by atoms with Crippen LogP contribution in [-0.4, -0.2) is 30.2 Å². The van der Waals surface area contributed by atoms with Gasteiger partial charge in [0.05, 0.1) is 7.11 Å². The molecule has 0 aromatic carbocycles. The van der Waals surface area contributed by atoms with Gasteiger partial charge in [-0.1, -0.05) is 12.2 Å². The van der Waals surface area contributed by atoms with Crippen molar-refractivity contribution in [3.05, 3.63) is 24.4 Å². The van der Waals surface area contributed by atoms with Gasteiger partial charge >= 0.3 is 0 Å². The Morgan fingerprint density at radius 2 is 1.94 bits per heavy atom. The van der Waals surface area contributed by atoms with Crippen LogP contribution in [0.2, 0.25) is 0 Å². The average Bonchev–Trinajstić information content (AvgIpc) is 2.82. The van der Waals surface area contributed by atoms with Gasteiger partial charge < -0.3 is 9.64 Å². The first-order chi connectivity index (χ1) is 8.36. The average molecular weight is 231 g/mol. The van der Waals surface area contributed by atoms with E-state index >= 15 is 0 Å². The molecule has 17 heavy (non-hydrogen) atoms. The molecule has 90 valence electrons. The van der Waals surface area contributed by atoms with Crippen LogP contribution in [0.3, 0.4) is 0 Å². The lowest BCUT2D eigenvalue weighted by Gasteiger charge is -2.17. The van der Waals surface area contributed by atoms with E-state index in [0.29, 0.717) is 5.88 Å². The second-order valence-electron chi connectivity index (χ2n) is 4.77. The van der Waals surface area contributed by atoms with E-state index in [1.165, 1.54) is 12.8 Å². The molecule has 0 N–H and O–H groups in total. The molecular formula is C13H17N3O. The van der Waals surface area contributed by atoms with Gasteiger partial charge in [-0.05, 0) is 24.7 Å². The maximum Gasteiger partial charge on any atom is 0.228 e. The van der Waals surface area contributed by atoms with Crippen molar-refractivity contribution in [1.29, 1.82) is 0 Å². The predicted octanol–water partition coefficient (Wildman–Crippen LogP) is 1.89. The smallest absolute Gasteiger partial charge is 0.228 e. The van der Waals surface area contributed by atoms with Crippen LogP contribution in [0.5, 0.6) is 5.88 Å². The molecule has 2 atom stereocenters. The van der Waals surface area contributed by atoms with Crippen LogP contribution in [0.25, 0.3) is 0 Å². The number of methoxy groups -OCH3 is 1. The first-order valence-corrected chi connectivity index (χ1v) is 6.14. The highest BCUT2D eigenvalue weighted by Gasteiger charge is 2.33. The highest BCUT2D eigenvalue weighted by Crippen LogP contribution is 2.34. The zero-order valence-corrected chi connectivity index (χ0v) is 10.0. The summed E-state index contributed by atoms with van der Waals surface area (Å²) in [5.74, 6) is 2.99. The third-order valence-corrected chi connectivity index (χ3v) is 3.73. The molecule has 1 aromatic rings. The maximum absolute atomic E-state index is 5.14. The summed E-state index contributed by atoms with van der Waals surface area (Å²) in [6.07, 6.45) is 8.77. The lowest BCUT2D eigenvalue weighted by atomic mass is 9.86. The molecule has 0 radical (unpaired) electrons. The SMILES string of the molecule is COc1ccnc(N2C[C@H]3CC=CC[C@H]3C2)n1. The van der Waals surface area contributed by atoms with Crippen molar-refractivity contribution in [2.75, 3.05) is 25.1 Å². The summed E-state index contributed by atoms with van der Waals surface area (Å²) in [6.45, 7) is 2.14. The Morgan fingerprint density at radius 3 is 2.59 bits per heavy atom. The first kappa shape index (κ1) is 10.6. The number of allylic oxidation sites excluding steroid dienone is 2. The fraction of sp³-hybridized carbons (Fsp3) is 0.538. The summed E-state index contributed by atoms with van der Waals surface area (Å²) in [5, 5.41) is 0. The van der Waals surface area contributed by atoms with Gasteiger partial charge in [-0.25, -0.2) is 4.98 Å². The topological polar surface area (TPSA) is 38.2 Å². The molecular weight excluding hydrogens is 214 g/mol. The van der Waals surface area contributed by atoms with Crippen LogP contribution >= 0.6 is 0 Å². The number of hydrogen-bond donors (Lipinski definition) is 0. The molecule has 0 bridgehead atoms. The van der Waals surface area contributed by atoms with E-state index in [1.54, 1.807) is 19.4 Å². The molecule has 2 aliphatic rings. The van der Waals surface area contributed by atoms with Gasteiger partial charge in [-0.3, -0.25) is 0 Å². The summed E-state index contributed by atoms with van der Waals surface area (Å²) in [5.41, 5.74) is 0. The molecule has 2 heterocycles. The number of ether oxygens (including phenoxy) is 1. The van der Waals surface area contributed by atoms with Crippen molar-refractivity contribution in [2.24, 2.45) is 11.8 Å². The molecule has 0 amide bonds. The molecule has 1 fully saturated rings. The molecule has 1 aliphatic carbocycles. The van der Waals surface area contributed by atoms with E-state index in [-0.39, 0.29) is 0 Å². The van der Waals surface area contributed by atoms with Gasteiger partial charge in [0.1, 0.15) is 0 Å². The van der Waals surface area contributed by atoms with Gasteiger partial charge in [0, 0.05) is 25.4 Å². The predicted molar refractivity (Wildman–Crippen MR) is 66.2 cm³/mol. The lowest BCUT2D eigenvalue weighted by molar-refractivity contribution is 0.397. The van der Waals surface area contributed by atoms with E-state index in [2.05, 4.69) is 27.0 Å². The summed E-state index contributed by atoms with van der Waals surface area (Å²) >= 11 is 0. The molecule has 4 heteroatoms. The molecule has 1 aliphatic heterocycles. The minimum atomic E-state index is 0.642. The van der Waals surface area contributed by atoms with E-state index < -0.39 is 0 Å². The third-order valence-electron chi connectivity index (χ3n) is 3.73. The van der Waals surface area contributed by atoms with Crippen LogP contribution in [0.1, 0.15) is 12.8 Å². The number of fused-ring (bicyclic) bond motifs is 1. The van der Waals surface area contributed by atoms with E-state index in [4.69, 9.17) is 4.74 Å². The van der Waals surface area contributed by atoms with Gasteiger partial charge in [-0.15, -0.1) is 0 Å². The number of hydrogen-bond acceptors (Lipinski definition) is 4. The van der Waals surface area contributed by atoms with Crippen LogP contribution in [0.4, 0.5) is 5.95 Å². The number of aromatic nitrogens is 2. The van der Waals surface area contributed by atoms with Crippen LogP contribution in [0, 0.1) is 11.8 Å². The largest absolute Gasteiger partial charge is 0.481 e. The van der Waals surface area contributed by atoms with Gasteiger partial charge in [0.25, 0.3) is 0 Å². The number of nitrogens with zero attached hydrogens (tertiary/aromatic N) is 3. The number of rotatable bonds is 2. The number of anilines is 1. The van der Waals surface area contributed by atoms with Crippen molar-refractivity contribution in [3.8, 4) is 5.88 Å². The zero-order valence-electron chi connectivity index (χ0n) is 10.0. The quantitative estimate of drug-likeness (QED) is 0.728. The molecule has 1 aromatic heterocycles. The van der Waals surface area contributed by atoms with E-state index in [0.717, 1.165) is 30.9 Å². The van der Waals surface area contributed by atoms with Crippen molar-refractivity contribution in [3.63, 3.8) is 0 Å². The van der Waals surface area contributed by atoms with Gasteiger partial charge in [0.15, 0.2) is 0 Å². The molecule has 3 rings (SSSR count). The maximum atomic E-state index is 5.14. The molecule has 0 spiro atoms. The first-order valence-electron chi connectivity index (χ1n) is 6.14. The van der Waals surface area contributed by atoms with E-state index in [1.807, 2.05) is 0 Å². The molecule has 4 nitrogen and oxygen atoms in total. The van der Waals surface area contributed by atoms with Crippen molar-refractivity contribution < 1.29 is 4.74 Å². The molecule has 0 unspecified atom stereocenters. The fourth-order valence-electron chi connectivity index (χ4n) is 2.78. The summed E-state index contributed by atoms with van der Waals surface area (Å²) < 4.78 is 5.14. The highest BCUT2D eigenvalue weighted by molar-refractivity contribution is 5.34. The second-order valence-corrected chi connectivity index (χ2v) is 4.77. The lowest BCUT2D eigenvalue weighted by Crippen LogP contribution is -2.22. The minimum Gasteiger partial charge on any atom is -0.481 e. The Labute approximate surface area is 101 Å². The second kappa shape index (κ2) is 4.35. The summed E-state index contributed by atoms with van der Waals surface area (Å²) in [7, 11) is 1.64. The van der Waals surface area contributed by atoms with Crippen LogP contribution in [-0.2, 0) is 0 Å². The Balaban J connectivity index is 1.77. The zero-order chi connectivity index (χ0) is 11.7. The monoisotopic (exact) mass is 231 g/mol. The minimum absolute atomic E-state index is 0.642. The Bertz CT molecular complexity index is 416. The van der Waals surface area contributed by atoms with Gasteiger partial charge in [-0.2, -0.15) is 4.98 Å². The standard InChI is InChI=1S/C13H17N3O/c1-17-12-6-7-14-13(15-12)16-8-10-4-2-3-5-11(10)9-16/h2-3,6-7,10-11H,4-5,8-9H2,1H3/t10-,11+. The Hall–Kier alpha value is -1.58. The van der Waals surface area contributed by atoms with Crippen molar-refractivity contribution in [1.82, 2.24) is 9.97 Å². The van der Waals surface area contributed by atoms with Crippen molar-refractivity contribution >= 4 is 5.95 Å². The van der Waals surface area contributed by atoms with Gasteiger partial charge in [0.2, 0.25) is 11.8 Å². The molecule has 0 saturated carbocycles. The molecule has 1 saturated heterocycles. The van der Waals surface area contributed by atoms with Crippen LogP contribution < -0.4 is 9.64 Å². The summed E-state index contributed by atoms with van der Waals surface area (Å²) in [6, 6.07) is 1.79. The van der Waals surface area contributed by atoms with Crippen molar-refractivity contribution in [2.45, 2.75) is 12.8 Å². The Kier molecular flexibility index (Phi) is 2.71. The fourth-order valence-corrected chi connectivity index (χ4v) is 2.78. The van der Waals surface area contributed by atoms with E-state index in [9.17, 15) is 0 Å². The Morgan fingerprint density at radius 1 is 1.24 bits per heavy atom. The highest BCUT2D eigenvalue weighted by atomic mass is 16.5. The summed E-state index contributed by atoms with van der Waals surface area (Å²) in [4.78, 5) is 11.0. The normalized spacial score (nSPS) is 27.0.